The number of aromatic nitrogens is 4. The van der Waals surface area contributed by atoms with Crippen molar-refractivity contribution >= 4 is 28.4 Å². The van der Waals surface area contributed by atoms with E-state index >= 15 is 0 Å². The molecule has 2 aromatic heterocycles. The summed E-state index contributed by atoms with van der Waals surface area (Å²) in [5.41, 5.74) is 1.96. The minimum absolute atomic E-state index is 0.0990. The van der Waals surface area contributed by atoms with Crippen LogP contribution in [0.4, 0.5) is 15.9 Å². The molecule has 0 saturated heterocycles. The molecule has 0 spiro atoms. The van der Waals surface area contributed by atoms with E-state index in [9.17, 15) is 19.3 Å². The molecule has 0 atom stereocenters. The summed E-state index contributed by atoms with van der Waals surface area (Å²) in [6.07, 6.45) is 3.05. The number of fused-ring (bicyclic) bond motifs is 1. The number of nitrogens with zero attached hydrogens (tertiary/aromatic N) is 5. The molecule has 1 amide bonds. The summed E-state index contributed by atoms with van der Waals surface area (Å²) in [6.45, 7) is 2.60. The number of benzene rings is 2. The third-order valence-electron chi connectivity index (χ3n) is 5.16. The number of hydrogen-bond donors (Lipinski definition) is 2. The van der Waals surface area contributed by atoms with Gasteiger partial charge in [-0.05, 0) is 30.7 Å². The summed E-state index contributed by atoms with van der Waals surface area (Å²) in [4.78, 5) is 31.6. The molecule has 0 bridgehead atoms. The molecule has 0 radical (unpaired) electrons. The van der Waals surface area contributed by atoms with Crippen molar-refractivity contribution in [1.82, 2.24) is 25.1 Å². The maximum absolute atomic E-state index is 13.1. The average molecular weight is 449 g/mol. The molecule has 4 aromatic rings. The Hall–Kier alpha value is -4.41. The minimum Gasteiger partial charge on any atom is -0.365 e. The minimum atomic E-state index is -0.511. The van der Waals surface area contributed by atoms with Gasteiger partial charge in [-0.2, -0.15) is 5.10 Å². The number of nitro benzene ring substituents is 1. The molecule has 2 aromatic carbocycles. The van der Waals surface area contributed by atoms with Crippen LogP contribution in [0.2, 0.25) is 0 Å². The van der Waals surface area contributed by atoms with Gasteiger partial charge in [0, 0.05) is 30.3 Å². The number of anilines is 1. The average Bonchev–Trinajstić information content (AvgIpc) is 3.22. The topological polar surface area (TPSA) is 128 Å². The summed E-state index contributed by atoms with van der Waals surface area (Å²) in [5.74, 6) is -0.104. The summed E-state index contributed by atoms with van der Waals surface area (Å²) < 4.78 is 14.7. The van der Waals surface area contributed by atoms with Crippen LogP contribution in [0, 0.1) is 22.9 Å². The van der Waals surface area contributed by atoms with Gasteiger partial charge in [0.15, 0.2) is 5.65 Å². The molecule has 0 aliphatic heterocycles. The van der Waals surface area contributed by atoms with E-state index in [1.165, 1.54) is 30.6 Å². The number of rotatable bonds is 8. The Morgan fingerprint density at radius 2 is 1.97 bits per heavy atom. The van der Waals surface area contributed by atoms with Crippen LogP contribution < -0.4 is 10.6 Å². The predicted octanol–water partition coefficient (Wildman–Crippen LogP) is 3.22. The first-order valence-electron chi connectivity index (χ1n) is 10.1. The molecule has 0 aliphatic rings. The predicted molar refractivity (Wildman–Crippen MR) is 119 cm³/mol. The maximum atomic E-state index is 13.1. The molecule has 168 valence electrons. The SMILES string of the molecule is Cc1c(C(=O)NCCn2ncc3c(NCc4ccc(F)cc4)ncnc32)cccc1[N+](=O)[O-]. The zero-order chi connectivity index (χ0) is 23.4. The fourth-order valence-electron chi connectivity index (χ4n) is 3.42. The van der Waals surface area contributed by atoms with E-state index in [-0.39, 0.29) is 23.6 Å². The van der Waals surface area contributed by atoms with E-state index in [2.05, 4.69) is 25.7 Å². The van der Waals surface area contributed by atoms with Gasteiger partial charge in [-0.3, -0.25) is 14.9 Å². The van der Waals surface area contributed by atoms with Crippen LogP contribution in [-0.2, 0) is 13.1 Å². The zero-order valence-electron chi connectivity index (χ0n) is 17.7. The van der Waals surface area contributed by atoms with Crippen molar-refractivity contribution in [2.24, 2.45) is 0 Å². The second kappa shape index (κ2) is 9.39. The number of halogens is 1. The van der Waals surface area contributed by atoms with E-state index < -0.39 is 10.8 Å². The van der Waals surface area contributed by atoms with Crippen LogP contribution in [-0.4, -0.2) is 37.1 Å². The molecule has 11 heteroatoms. The fourth-order valence-corrected chi connectivity index (χ4v) is 3.42. The molecule has 33 heavy (non-hydrogen) atoms. The van der Waals surface area contributed by atoms with Crippen molar-refractivity contribution in [2.75, 3.05) is 11.9 Å². The van der Waals surface area contributed by atoms with Gasteiger partial charge < -0.3 is 10.6 Å². The summed E-state index contributed by atoms with van der Waals surface area (Å²) in [7, 11) is 0. The van der Waals surface area contributed by atoms with Crippen molar-refractivity contribution in [3.63, 3.8) is 0 Å². The van der Waals surface area contributed by atoms with Crippen molar-refractivity contribution in [1.29, 1.82) is 0 Å². The first kappa shape index (κ1) is 21.8. The van der Waals surface area contributed by atoms with Crippen molar-refractivity contribution < 1.29 is 14.1 Å². The number of hydrogen-bond acceptors (Lipinski definition) is 7. The van der Waals surface area contributed by atoms with E-state index in [4.69, 9.17) is 0 Å². The normalized spacial score (nSPS) is 10.8. The van der Waals surface area contributed by atoms with E-state index in [1.807, 2.05) is 0 Å². The van der Waals surface area contributed by atoms with E-state index in [0.717, 1.165) is 5.56 Å². The van der Waals surface area contributed by atoms with Gasteiger partial charge in [0.05, 0.1) is 23.1 Å². The smallest absolute Gasteiger partial charge is 0.273 e. The van der Waals surface area contributed by atoms with Crippen LogP contribution in [0.25, 0.3) is 11.0 Å². The van der Waals surface area contributed by atoms with E-state index in [0.29, 0.717) is 35.5 Å². The fraction of sp³-hybridized carbons (Fsp3) is 0.182. The molecule has 0 fully saturated rings. The van der Waals surface area contributed by atoms with Gasteiger partial charge >= 0.3 is 0 Å². The molecule has 2 N–H and O–H groups in total. The van der Waals surface area contributed by atoms with Gasteiger partial charge in [-0.25, -0.2) is 19.0 Å². The third-order valence-corrected chi connectivity index (χ3v) is 5.16. The van der Waals surface area contributed by atoms with Crippen LogP contribution >= 0.6 is 0 Å². The Morgan fingerprint density at radius 1 is 1.18 bits per heavy atom. The van der Waals surface area contributed by atoms with Crippen LogP contribution in [0.1, 0.15) is 21.5 Å². The lowest BCUT2D eigenvalue weighted by Crippen LogP contribution is -2.28. The molecular weight excluding hydrogens is 429 g/mol. The molecule has 0 saturated carbocycles. The highest BCUT2D eigenvalue weighted by atomic mass is 19.1. The quantitative estimate of drug-likeness (QED) is 0.312. The number of carbonyl (C=O) groups is 1. The summed E-state index contributed by atoms with van der Waals surface area (Å²) in [5, 5.41) is 22.1. The lowest BCUT2D eigenvalue weighted by molar-refractivity contribution is -0.385. The molecule has 0 unspecified atom stereocenters. The molecule has 10 nitrogen and oxygen atoms in total. The van der Waals surface area contributed by atoms with Crippen LogP contribution in [0.5, 0.6) is 0 Å². The molecule has 0 aliphatic carbocycles. The maximum Gasteiger partial charge on any atom is 0.273 e. The standard InChI is InChI=1S/C22H20FN7O3/c1-14-17(3-2-4-19(14)30(32)33)22(31)24-9-10-29-21-18(12-28-29)20(26-13-27-21)25-11-15-5-7-16(23)8-6-15/h2-8,12-13H,9-11H2,1H3,(H,24,31)(H,25,26,27). The zero-order valence-corrected chi connectivity index (χ0v) is 17.7. The van der Waals surface area contributed by atoms with E-state index in [1.54, 1.807) is 36.0 Å². The third kappa shape index (κ3) is 4.76. The Bertz CT molecular complexity index is 1320. The lowest BCUT2D eigenvalue weighted by atomic mass is 10.1. The highest BCUT2D eigenvalue weighted by Gasteiger charge is 2.18. The molecular formula is C22H20FN7O3. The molecule has 4 rings (SSSR count). The van der Waals surface area contributed by atoms with Crippen molar-refractivity contribution in [3.8, 4) is 0 Å². The number of carbonyl (C=O) groups excluding carboxylic acids is 1. The second-order valence-corrected chi connectivity index (χ2v) is 7.27. The van der Waals surface area contributed by atoms with Gasteiger partial charge in [0.25, 0.3) is 11.6 Å². The molecule has 2 heterocycles. The summed E-state index contributed by atoms with van der Waals surface area (Å²) in [6, 6.07) is 10.6. The van der Waals surface area contributed by atoms with Crippen LogP contribution in [0.15, 0.2) is 55.0 Å². The highest BCUT2D eigenvalue weighted by molar-refractivity contribution is 5.96. The van der Waals surface area contributed by atoms with Gasteiger partial charge in [0.1, 0.15) is 18.0 Å². The van der Waals surface area contributed by atoms with Gasteiger partial charge in [0.2, 0.25) is 0 Å². The summed E-state index contributed by atoms with van der Waals surface area (Å²) >= 11 is 0. The number of nitro groups is 1. The van der Waals surface area contributed by atoms with Gasteiger partial charge in [-0.15, -0.1) is 0 Å². The number of amides is 1. The Labute approximate surface area is 187 Å². The first-order valence-corrected chi connectivity index (χ1v) is 10.1. The second-order valence-electron chi connectivity index (χ2n) is 7.27. The monoisotopic (exact) mass is 449 g/mol. The Balaban J connectivity index is 1.41. The van der Waals surface area contributed by atoms with Gasteiger partial charge in [-0.1, -0.05) is 18.2 Å². The van der Waals surface area contributed by atoms with Crippen molar-refractivity contribution in [3.05, 3.63) is 87.6 Å². The largest absolute Gasteiger partial charge is 0.365 e. The lowest BCUT2D eigenvalue weighted by Gasteiger charge is -2.09. The highest BCUT2D eigenvalue weighted by Crippen LogP contribution is 2.21. The van der Waals surface area contributed by atoms with Crippen molar-refractivity contribution in [2.45, 2.75) is 20.0 Å². The Morgan fingerprint density at radius 3 is 2.73 bits per heavy atom. The first-order chi connectivity index (χ1) is 15.9. The Kier molecular flexibility index (Phi) is 6.20. The number of nitrogens with one attached hydrogen (secondary N) is 2. The van der Waals surface area contributed by atoms with Crippen LogP contribution in [0.3, 0.4) is 0 Å².